The fourth-order valence-corrected chi connectivity index (χ4v) is 1.72. The van der Waals surface area contributed by atoms with Crippen LogP contribution in [0.3, 0.4) is 0 Å². The quantitative estimate of drug-likeness (QED) is 0.770. The van der Waals surface area contributed by atoms with E-state index in [4.69, 9.17) is 14.7 Å². The van der Waals surface area contributed by atoms with Gasteiger partial charge >= 0.3 is 0 Å². The molecule has 0 amide bonds. The number of rotatable bonds is 2. The van der Waals surface area contributed by atoms with Crippen molar-refractivity contribution in [3.8, 4) is 17.6 Å². The molecule has 0 heterocycles. The fraction of sp³-hybridized carbons (Fsp3) is 0.154. The molecular weight excluding hydrogens is 202 g/mol. The molecule has 0 saturated carbocycles. The number of fused-ring (bicyclic) bond motifs is 1. The summed E-state index contributed by atoms with van der Waals surface area (Å²) in [5, 5.41) is 10.7. The van der Waals surface area contributed by atoms with Crippen molar-refractivity contribution in [2.45, 2.75) is 0 Å². The van der Waals surface area contributed by atoms with Gasteiger partial charge < -0.3 is 9.47 Å². The normalized spacial score (nSPS) is 9.81. The lowest BCUT2D eigenvalue weighted by Crippen LogP contribution is -1.91. The van der Waals surface area contributed by atoms with Gasteiger partial charge in [-0.2, -0.15) is 5.26 Å². The molecule has 0 aliphatic carbocycles. The van der Waals surface area contributed by atoms with Gasteiger partial charge in [0.25, 0.3) is 0 Å². The molecule has 0 unspecified atom stereocenters. The minimum atomic E-state index is 0.639. The van der Waals surface area contributed by atoms with Crippen molar-refractivity contribution < 1.29 is 9.47 Å². The fourth-order valence-electron chi connectivity index (χ4n) is 1.72. The molecule has 16 heavy (non-hydrogen) atoms. The van der Waals surface area contributed by atoms with Crippen LogP contribution in [-0.2, 0) is 0 Å². The molecule has 0 aromatic heterocycles. The van der Waals surface area contributed by atoms with E-state index in [1.807, 2.05) is 24.3 Å². The lowest BCUT2D eigenvalue weighted by atomic mass is 10.1. The van der Waals surface area contributed by atoms with Crippen LogP contribution in [0.5, 0.6) is 11.5 Å². The minimum Gasteiger partial charge on any atom is -0.493 e. The molecule has 0 atom stereocenters. The van der Waals surface area contributed by atoms with E-state index in [-0.39, 0.29) is 0 Å². The second-order valence-corrected chi connectivity index (χ2v) is 3.35. The minimum absolute atomic E-state index is 0.639. The molecule has 2 aromatic rings. The maximum atomic E-state index is 8.82. The lowest BCUT2D eigenvalue weighted by molar-refractivity contribution is 0.358. The van der Waals surface area contributed by atoms with Gasteiger partial charge in [0.1, 0.15) is 0 Å². The van der Waals surface area contributed by atoms with E-state index in [0.29, 0.717) is 17.1 Å². The number of hydrogen-bond acceptors (Lipinski definition) is 3. The van der Waals surface area contributed by atoms with E-state index in [1.54, 1.807) is 20.3 Å². The number of methoxy groups -OCH3 is 2. The van der Waals surface area contributed by atoms with Gasteiger partial charge in [-0.15, -0.1) is 0 Å². The van der Waals surface area contributed by atoms with Gasteiger partial charge in [0.05, 0.1) is 25.9 Å². The van der Waals surface area contributed by atoms with Crippen molar-refractivity contribution in [2.75, 3.05) is 14.2 Å². The molecule has 3 heteroatoms. The Morgan fingerprint density at radius 3 is 2.50 bits per heavy atom. The summed E-state index contributed by atoms with van der Waals surface area (Å²) < 4.78 is 10.5. The van der Waals surface area contributed by atoms with Crippen molar-refractivity contribution >= 4 is 10.8 Å². The van der Waals surface area contributed by atoms with Crippen molar-refractivity contribution in [1.82, 2.24) is 0 Å². The Hall–Kier alpha value is -2.21. The van der Waals surface area contributed by atoms with Crippen molar-refractivity contribution in [2.24, 2.45) is 0 Å². The standard InChI is InChI=1S/C13H11NO2/c1-15-12-6-4-10-7-9(8-14)3-5-11(10)13(12)16-2/h3-7H,1-2H3. The summed E-state index contributed by atoms with van der Waals surface area (Å²) in [7, 11) is 3.21. The van der Waals surface area contributed by atoms with Crippen molar-refractivity contribution in [3.63, 3.8) is 0 Å². The molecule has 2 rings (SSSR count). The predicted molar refractivity (Wildman–Crippen MR) is 61.8 cm³/mol. The molecule has 0 N–H and O–H groups in total. The van der Waals surface area contributed by atoms with Crippen LogP contribution in [0.4, 0.5) is 0 Å². The first kappa shape index (κ1) is 10.3. The first-order valence-corrected chi connectivity index (χ1v) is 4.85. The maximum absolute atomic E-state index is 8.82. The molecule has 0 fully saturated rings. The highest BCUT2D eigenvalue weighted by molar-refractivity contribution is 5.91. The monoisotopic (exact) mass is 213 g/mol. The molecule has 0 spiro atoms. The Bertz CT molecular complexity index is 570. The molecule has 0 aliphatic heterocycles. The summed E-state index contributed by atoms with van der Waals surface area (Å²) in [4.78, 5) is 0. The van der Waals surface area contributed by atoms with Gasteiger partial charge in [-0.1, -0.05) is 6.07 Å². The third-order valence-corrected chi connectivity index (χ3v) is 2.49. The number of ether oxygens (including phenoxy) is 2. The number of nitriles is 1. The third kappa shape index (κ3) is 1.55. The summed E-state index contributed by atoms with van der Waals surface area (Å²) in [6, 6.07) is 11.3. The maximum Gasteiger partial charge on any atom is 0.168 e. The molecule has 0 radical (unpaired) electrons. The zero-order valence-electron chi connectivity index (χ0n) is 9.15. The van der Waals surface area contributed by atoms with Crippen LogP contribution < -0.4 is 9.47 Å². The number of hydrogen-bond donors (Lipinski definition) is 0. The Morgan fingerprint density at radius 1 is 1.06 bits per heavy atom. The zero-order valence-corrected chi connectivity index (χ0v) is 9.15. The molecule has 0 saturated heterocycles. The van der Waals surface area contributed by atoms with Crippen LogP contribution in [0.2, 0.25) is 0 Å². The largest absolute Gasteiger partial charge is 0.493 e. The highest BCUT2D eigenvalue weighted by atomic mass is 16.5. The van der Waals surface area contributed by atoms with E-state index < -0.39 is 0 Å². The Labute approximate surface area is 93.8 Å². The van der Waals surface area contributed by atoms with E-state index in [0.717, 1.165) is 10.8 Å². The summed E-state index contributed by atoms with van der Waals surface area (Å²) in [6.45, 7) is 0. The molecule has 80 valence electrons. The average Bonchev–Trinajstić information content (AvgIpc) is 2.36. The van der Waals surface area contributed by atoms with Crippen LogP contribution in [0.15, 0.2) is 30.3 Å². The highest BCUT2D eigenvalue weighted by Crippen LogP contribution is 2.35. The third-order valence-electron chi connectivity index (χ3n) is 2.49. The van der Waals surface area contributed by atoms with Crippen LogP contribution in [0, 0.1) is 11.3 Å². The number of benzene rings is 2. The van der Waals surface area contributed by atoms with Gasteiger partial charge in [0.15, 0.2) is 11.5 Å². The second-order valence-electron chi connectivity index (χ2n) is 3.35. The summed E-state index contributed by atoms with van der Waals surface area (Å²) >= 11 is 0. The van der Waals surface area contributed by atoms with Crippen LogP contribution in [0.25, 0.3) is 10.8 Å². The topological polar surface area (TPSA) is 42.2 Å². The van der Waals surface area contributed by atoms with E-state index >= 15 is 0 Å². The van der Waals surface area contributed by atoms with Crippen LogP contribution in [0.1, 0.15) is 5.56 Å². The van der Waals surface area contributed by atoms with Gasteiger partial charge in [0, 0.05) is 5.39 Å². The lowest BCUT2D eigenvalue weighted by Gasteiger charge is -2.10. The van der Waals surface area contributed by atoms with Crippen molar-refractivity contribution in [1.29, 1.82) is 5.26 Å². The Kier molecular flexibility index (Phi) is 2.65. The zero-order chi connectivity index (χ0) is 11.5. The average molecular weight is 213 g/mol. The van der Waals surface area contributed by atoms with E-state index in [9.17, 15) is 0 Å². The van der Waals surface area contributed by atoms with Gasteiger partial charge in [-0.05, 0) is 29.7 Å². The second kappa shape index (κ2) is 4.11. The van der Waals surface area contributed by atoms with E-state index in [1.165, 1.54) is 0 Å². The van der Waals surface area contributed by atoms with Gasteiger partial charge in [-0.3, -0.25) is 0 Å². The molecule has 0 bridgehead atoms. The van der Waals surface area contributed by atoms with Crippen molar-refractivity contribution in [3.05, 3.63) is 35.9 Å². The molecule has 0 aliphatic rings. The molecule has 2 aromatic carbocycles. The van der Waals surface area contributed by atoms with Crippen LogP contribution in [-0.4, -0.2) is 14.2 Å². The Morgan fingerprint density at radius 2 is 1.88 bits per heavy atom. The Balaban J connectivity index is 2.75. The molecular formula is C13H11NO2. The van der Waals surface area contributed by atoms with Crippen LogP contribution >= 0.6 is 0 Å². The number of nitrogens with zero attached hydrogens (tertiary/aromatic N) is 1. The summed E-state index contributed by atoms with van der Waals surface area (Å²) in [6.07, 6.45) is 0. The smallest absolute Gasteiger partial charge is 0.168 e. The first-order valence-electron chi connectivity index (χ1n) is 4.85. The van der Waals surface area contributed by atoms with E-state index in [2.05, 4.69) is 6.07 Å². The van der Waals surface area contributed by atoms with Gasteiger partial charge in [0.2, 0.25) is 0 Å². The predicted octanol–water partition coefficient (Wildman–Crippen LogP) is 2.73. The van der Waals surface area contributed by atoms with Gasteiger partial charge in [-0.25, -0.2) is 0 Å². The SMILES string of the molecule is COc1ccc2cc(C#N)ccc2c1OC. The highest BCUT2D eigenvalue weighted by Gasteiger charge is 2.08. The first-order chi connectivity index (χ1) is 7.80. The summed E-state index contributed by atoms with van der Waals surface area (Å²) in [5.41, 5.74) is 0.639. The summed E-state index contributed by atoms with van der Waals surface area (Å²) in [5.74, 6) is 1.39. The molecule has 3 nitrogen and oxygen atoms in total.